The minimum absolute atomic E-state index is 0.234. The number of hydrogen-bond donors (Lipinski definition) is 1. The van der Waals surface area contributed by atoms with Gasteiger partial charge in [-0.2, -0.15) is 5.26 Å². The van der Waals surface area contributed by atoms with Gasteiger partial charge in [-0.25, -0.2) is 14.6 Å². The quantitative estimate of drug-likeness (QED) is 0.220. The molecule has 3 aromatic heterocycles. The number of ether oxygens (including phenoxy) is 4. The van der Waals surface area contributed by atoms with Crippen LogP contribution in [0.25, 0.3) is 11.4 Å². The number of nitrogen functional groups attached to an aromatic ring is 1. The lowest BCUT2D eigenvalue weighted by atomic mass is 9.95. The molecule has 2 aliphatic heterocycles. The largest absolute Gasteiger partial charge is 0.375 e. The number of aromatic nitrogens is 5. The highest BCUT2D eigenvalue weighted by atomic mass is 35.5. The molecule has 0 radical (unpaired) electrons. The molecule has 0 bridgehead atoms. The average Bonchev–Trinajstić information content (AvgIpc) is 3.74. The molecule has 2 N–H and O–H groups in total. The second-order valence-electron chi connectivity index (χ2n) is 10.4. The van der Waals surface area contributed by atoms with E-state index >= 15 is 0 Å². The molecule has 11 nitrogen and oxygen atoms in total. The number of thiazole rings is 1. The SMILES string of the molecule is N#Cc1ncc(Cl)cc1S[C@H]1OC2COC(c3ccccc3)O[C@@H]2C(n2cc(-c3csc(N)n3)nn2)C1OCc1ccccc1. The van der Waals surface area contributed by atoms with Gasteiger partial charge in [0, 0.05) is 22.0 Å². The maximum Gasteiger partial charge on any atom is 0.184 e. The summed E-state index contributed by atoms with van der Waals surface area (Å²) in [6.45, 7) is 0.549. The maximum atomic E-state index is 9.81. The van der Waals surface area contributed by atoms with Gasteiger partial charge < -0.3 is 24.7 Å². The van der Waals surface area contributed by atoms with Crippen molar-refractivity contribution in [3.63, 3.8) is 0 Å². The number of anilines is 1. The van der Waals surface area contributed by atoms with E-state index in [9.17, 15) is 5.26 Å². The summed E-state index contributed by atoms with van der Waals surface area (Å²) in [5.41, 5.74) is 8.57. The molecule has 0 aliphatic carbocycles. The molecule has 6 atom stereocenters. The van der Waals surface area contributed by atoms with Crippen LogP contribution in [0.1, 0.15) is 29.2 Å². The number of benzene rings is 2. The predicted octanol–water partition coefficient (Wildman–Crippen LogP) is 5.66. The normalized spacial score (nSPS) is 24.5. The summed E-state index contributed by atoms with van der Waals surface area (Å²) in [5.74, 6) is 0. The first-order valence-electron chi connectivity index (χ1n) is 14.0. The van der Waals surface area contributed by atoms with Gasteiger partial charge in [0.15, 0.2) is 17.1 Å². The Kier molecular flexibility index (Phi) is 8.77. The minimum Gasteiger partial charge on any atom is -0.375 e. The number of thioether (sulfide) groups is 1. The van der Waals surface area contributed by atoms with Crippen LogP contribution in [0.5, 0.6) is 0 Å². The second kappa shape index (κ2) is 13.2. The Hall–Kier alpha value is -3.87. The van der Waals surface area contributed by atoms with E-state index in [-0.39, 0.29) is 12.3 Å². The van der Waals surface area contributed by atoms with E-state index in [1.165, 1.54) is 29.3 Å². The van der Waals surface area contributed by atoms with Crippen molar-refractivity contribution in [3.05, 3.63) is 106 Å². The molecule has 0 amide bonds. The Morgan fingerprint density at radius 3 is 2.67 bits per heavy atom. The summed E-state index contributed by atoms with van der Waals surface area (Å²) in [5, 5.41) is 21.5. The van der Waals surface area contributed by atoms with Crippen LogP contribution in [0, 0.1) is 11.3 Å². The predicted molar refractivity (Wildman–Crippen MR) is 168 cm³/mol. The summed E-state index contributed by atoms with van der Waals surface area (Å²) < 4.78 is 28.0. The lowest BCUT2D eigenvalue weighted by Crippen LogP contribution is -2.59. The summed E-state index contributed by atoms with van der Waals surface area (Å²) in [6, 6.07) is 22.9. The lowest BCUT2D eigenvalue weighted by molar-refractivity contribution is -0.311. The van der Waals surface area contributed by atoms with E-state index in [1.54, 1.807) is 10.7 Å². The second-order valence-corrected chi connectivity index (χ2v) is 12.8. The smallest absolute Gasteiger partial charge is 0.184 e. The van der Waals surface area contributed by atoms with Gasteiger partial charge >= 0.3 is 0 Å². The molecule has 2 aromatic carbocycles. The molecule has 2 aliphatic rings. The number of rotatable bonds is 8. The van der Waals surface area contributed by atoms with Crippen LogP contribution < -0.4 is 5.73 Å². The van der Waals surface area contributed by atoms with Gasteiger partial charge in [0.1, 0.15) is 47.2 Å². The molecule has 5 heterocycles. The minimum atomic E-state index is -0.633. The fourth-order valence-corrected chi connectivity index (χ4v) is 7.36. The first-order chi connectivity index (χ1) is 22.1. The summed E-state index contributed by atoms with van der Waals surface area (Å²) in [7, 11) is 0. The summed E-state index contributed by atoms with van der Waals surface area (Å²) >= 11 is 8.95. The zero-order valence-corrected chi connectivity index (χ0v) is 25.9. The van der Waals surface area contributed by atoms with Crippen molar-refractivity contribution in [2.24, 2.45) is 0 Å². The van der Waals surface area contributed by atoms with Gasteiger partial charge in [0.05, 0.1) is 24.4 Å². The summed E-state index contributed by atoms with van der Waals surface area (Å²) in [4.78, 5) is 9.17. The number of pyridine rings is 1. The molecule has 0 saturated carbocycles. The van der Waals surface area contributed by atoms with Gasteiger partial charge in [-0.1, -0.05) is 89.2 Å². The lowest BCUT2D eigenvalue weighted by Gasteiger charge is -2.49. The van der Waals surface area contributed by atoms with E-state index in [2.05, 4.69) is 26.3 Å². The topological polar surface area (TPSA) is 143 Å². The molecule has 2 saturated heterocycles. The standard InChI is InChI=1S/C31H26ClN7O4S2/c32-20-11-25(21(12-33)35-13-20)45-30-28(40-15-18-7-3-1-4-8-18)26(39-14-22(37-38-39)23-17-44-31(34)36-23)27-24(42-30)16-41-29(43-27)19-9-5-2-6-10-19/h1-11,13-14,17,24,26-30H,15-16H2,(H2,34,36)/t24?,26?,27-,28?,29?,30+/m0/s1. The molecule has 7 rings (SSSR count). The van der Waals surface area contributed by atoms with Crippen LogP contribution in [-0.2, 0) is 25.6 Å². The fourth-order valence-electron chi connectivity index (χ4n) is 5.35. The highest BCUT2D eigenvalue weighted by Crippen LogP contribution is 2.45. The molecular weight excluding hydrogens is 634 g/mol. The van der Waals surface area contributed by atoms with Crippen molar-refractivity contribution in [2.75, 3.05) is 12.3 Å². The molecule has 5 aromatic rings. The third-order valence-electron chi connectivity index (χ3n) is 7.43. The number of fused-ring (bicyclic) bond motifs is 1. The van der Waals surface area contributed by atoms with E-state index in [0.717, 1.165) is 11.1 Å². The van der Waals surface area contributed by atoms with Gasteiger partial charge in [0.25, 0.3) is 0 Å². The Morgan fingerprint density at radius 1 is 1.11 bits per heavy atom. The number of halogens is 1. The Balaban J connectivity index is 1.29. The molecule has 45 heavy (non-hydrogen) atoms. The van der Waals surface area contributed by atoms with E-state index < -0.39 is 36.1 Å². The van der Waals surface area contributed by atoms with Crippen LogP contribution in [0.3, 0.4) is 0 Å². The van der Waals surface area contributed by atoms with E-state index in [1.807, 2.05) is 72.2 Å². The summed E-state index contributed by atoms with van der Waals surface area (Å²) in [6.07, 6.45) is 0.977. The molecule has 0 spiro atoms. The van der Waals surface area contributed by atoms with Crippen molar-refractivity contribution in [1.82, 2.24) is 25.0 Å². The Labute approximate surface area is 271 Å². The molecule has 14 heteroatoms. The zero-order chi connectivity index (χ0) is 30.8. The Morgan fingerprint density at radius 2 is 1.91 bits per heavy atom. The fraction of sp³-hybridized carbons (Fsp3) is 0.258. The van der Waals surface area contributed by atoms with Gasteiger partial charge in [-0.15, -0.1) is 16.4 Å². The zero-order valence-electron chi connectivity index (χ0n) is 23.5. The molecule has 4 unspecified atom stereocenters. The molecule has 228 valence electrons. The van der Waals surface area contributed by atoms with Crippen molar-refractivity contribution in [1.29, 1.82) is 5.26 Å². The van der Waals surface area contributed by atoms with Crippen LogP contribution in [0.2, 0.25) is 5.02 Å². The third-order valence-corrected chi connectivity index (χ3v) is 9.49. The van der Waals surface area contributed by atoms with Gasteiger partial charge in [0.2, 0.25) is 0 Å². The van der Waals surface area contributed by atoms with Crippen LogP contribution in [0.4, 0.5) is 5.13 Å². The third kappa shape index (κ3) is 6.45. The van der Waals surface area contributed by atoms with Crippen LogP contribution >= 0.6 is 34.7 Å². The molecule has 2 fully saturated rings. The number of hydrogen-bond acceptors (Lipinski definition) is 12. The van der Waals surface area contributed by atoms with Gasteiger partial charge in [-0.05, 0) is 11.6 Å². The average molecular weight is 660 g/mol. The Bertz CT molecular complexity index is 1800. The number of nitriles is 1. The molecular formula is C31H26ClN7O4S2. The first-order valence-corrected chi connectivity index (χ1v) is 16.2. The highest BCUT2D eigenvalue weighted by Gasteiger charge is 2.52. The number of nitrogens with two attached hydrogens (primary N) is 1. The van der Waals surface area contributed by atoms with Crippen molar-refractivity contribution in [3.8, 4) is 17.5 Å². The van der Waals surface area contributed by atoms with Crippen molar-refractivity contribution < 1.29 is 18.9 Å². The van der Waals surface area contributed by atoms with E-state index in [0.29, 0.717) is 33.0 Å². The van der Waals surface area contributed by atoms with Gasteiger partial charge in [-0.3, -0.25) is 0 Å². The van der Waals surface area contributed by atoms with Crippen molar-refractivity contribution >= 4 is 39.8 Å². The highest BCUT2D eigenvalue weighted by molar-refractivity contribution is 7.99. The first kappa shape index (κ1) is 29.8. The van der Waals surface area contributed by atoms with Crippen molar-refractivity contribution in [2.45, 2.75) is 47.6 Å². The van der Waals surface area contributed by atoms with Crippen LogP contribution in [0.15, 0.2) is 89.4 Å². The van der Waals surface area contributed by atoms with E-state index in [4.69, 9.17) is 36.3 Å². The monoisotopic (exact) mass is 659 g/mol. The number of nitrogens with zero attached hydrogens (tertiary/aromatic N) is 6. The maximum absolute atomic E-state index is 9.81. The van der Waals surface area contributed by atoms with Crippen LogP contribution in [-0.4, -0.2) is 55.3 Å².